The molecular weight excluding hydrogens is 398 g/mol. The zero-order chi connectivity index (χ0) is 22.1. The maximum atomic E-state index is 12.3. The average Bonchev–Trinajstić information content (AvgIpc) is 3.12. The predicted molar refractivity (Wildman–Crippen MR) is 118 cm³/mol. The summed E-state index contributed by atoms with van der Waals surface area (Å²) in [6.07, 6.45) is 2.73. The molecular formula is C22H29N5O2S. The lowest BCUT2D eigenvalue weighted by atomic mass is 9.90. The smallest absolute Gasteiger partial charge is 0.231 e. The van der Waals surface area contributed by atoms with Crippen LogP contribution in [-0.2, 0) is 24.4 Å². The van der Waals surface area contributed by atoms with Gasteiger partial charge >= 0.3 is 0 Å². The number of aryl methyl sites for hydroxylation is 1. The second kappa shape index (κ2) is 10.8. The molecule has 0 fully saturated rings. The average molecular weight is 428 g/mol. The van der Waals surface area contributed by atoms with Gasteiger partial charge in [-0.2, -0.15) is 5.26 Å². The number of rotatable bonds is 11. The number of thioether (sulfide) groups is 1. The largest absolute Gasteiger partial charge is 0.486 e. The molecule has 0 aliphatic heterocycles. The predicted octanol–water partition coefficient (Wildman–Crippen LogP) is 3.75. The van der Waals surface area contributed by atoms with Crippen LogP contribution in [0.3, 0.4) is 0 Å². The summed E-state index contributed by atoms with van der Waals surface area (Å²) in [6.45, 7) is 12.2. The standard InChI is InChI=1S/C22H29N5O2S/c1-6-12-27-19(13-29-18-10-8-17(7-2)9-11-18)25-26-21(27)30-14-20(28)24-22(5,15-23)16(3)4/h6,8-11,16H,1,7,12-14H2,2-5H3,(H,24,28)/t22-/m1/s1. The van der Waals surface area contributed by atoms with E-state index < -0.39 is 5.54 Å². The summed E-state index contributed by atoms with van der Waals surface area (Å²) in [4.78, 5) is 12.3. The van der Waals surface area contributed by atoms with E-state index in [9.17, 15) is 10.1 Å². The van der Waals surface area contributed by atoms with Crippen LogP contribution in [0.4, 0.5) is 0 Å². The molecule has 0 saturated heterocycles. The van der Waals surface area contributed by atoms with Gasteiger partial charge in [0.15, 0.2) is 11.0 Å². The van der Waals surface area contributed by atoms with Gasteiger partial charge in [-0.3, -0.25) is 9.36 Å². The minimum Gasteiger partial charge on any atom is -0.486 e. The highest BCUT2D eigenvalue weighted by Crippen LogP contribution is 2.20. The molecule has 0 unspecified atom stereocenters. The number of nitriles is 1. The van der Waals surface area contributed by atoms with Crippen molar-refractivity contribution in [2.24, 2.45) is 5.92 Å². The number of hydrogen-bond donors (Lipinski definition) is 1. The molecule has 0 aliphatic rings. The molecule has 0 spiro atoms. The zero-order valence-electron chi connectivity index (χ0n) is 18.0. The molecule has 7 nitrogen and oxygen atoms in total. The highest BCUT2D eigenvalue weighted by atomic mass is 32.2. The van der Waals surface area contributed by atoms with Crippen LogP contribution in [0.5, 0.6) is 5.75 Å². The highest BCUT2D eigenvalue weighted by Gasteiger charge is 2.30. The summed E-state index contributed by atoms with van der Waals surface area (Å²) in [5, 5.41) is 21.2. The Balaban J connectivity index is 2.01. The maximum Gasteiger partial charge on any atom is 0.231 e. The fourth-order valence-corrected chi connectivity index (χ4v) is 3.34. The molecule has 1 aromatic heterocycles. The Kier molecular flexibility index (Phi) is 8.48. The van der Waals surface area contributed by atoms with Crippen molar-refractivity contribution in [1.82, 2.24) is 20.1 Å². The van der Waals surface area contributed by atoms with Crippen molar-refractivity contribution in [3.63, 3.8) is 0 Å². The number of benzene rings is 1. The second-order valence-corrected chi connectivity index (χ2v) is 8.33. The minimum absolute atomic E-state index is 0.00369. The van der Waals surface area contributed by atoms with Crippen molar-refractivity contribution in [3.8, 4) is 11.8 Å². The summed E-state index contributed by atoms with van der Waals surface area (Å²) < 4.78 is 7.71. The van der Waals surface area contributed by atoms with Gasteiger partial charge in [0.2, 0.25) is 5.91 Å². The molecule has 1 heterocycles. The van der Waals surface area contributed by atoms with Crippen molar-refractivity contribution in [2.75, 3.05) is 5.75 Å². The molecule has 8 heteroatoms. The van der Waals surface area contributed by atoms with Crippen molar-refractivity contribution in [2.45, 2.75) is 58.0 Å². The normalized spacial score (nSPS) is 12.8. The molecule has 1 aromatic carbocycles. The molecule has 1 amide bonds. The number of aromatic nitrogens is 3. The Bertz CT molecular complexity index is 901. The highest BCUT2D eigenvalue weighted by molar-refractivity contribution is 7.99. The number of nitrogens with one attached hydrogen (secondary N) is 1. The quantitative estimate of drug-likeness (QED) is 0.434. The first-order chi connectivity index (χ1) is 14.3. The van der Waals surface area contributed by atoms with Crippen LogP contribution in [0.1, 0.15) is 39.1 Å². The van der Waals surface area contributed by atoms with E-state index >= 15 is 0 Å². The van der Waals surface area contributed by atoms with Crippen LogP contribution in [0.25, 0.3) is 0 Å². The van der Waals surface area contributed by atoms with Crippen molar-refractivity contribution in [1.29, 1.82) is 5.26 Å². The van der Waals surface area contributed by atoms with E-state index in [1.165, 1.54) is 17.3 Å². The molecule has 1 N–H and O–H groups in total. The number of amides is 1. The van der Waals surface area contributed by atoms with Gasteiger partial charge in [0.1, 0.15) is 17.9 Å². The summed E-state index contributed by atoms with van der Waals surface area (Å²) in [5.41, 5.74) is 0.345. The monoisotopic (exact) mass is 427 g/mol. The summed E-state index contributed by atoms with van der Waals surface area (Å²) >= 11 is 1.27. The Morgan fingerprint density at radius 1 is 1.40 bits per heavy atom. The van der Waals surface area contributed by atoms with Crippen LogP contribution in [0.2, 0.25) is 0 Å². The molecule has 0 aliphatic carbocycles. The van der Waals surface area contributed by atoms with Crippen LogP contribution < -0.4 is 10.1 Å². The van der Waals surface area contributed by atoms with Crippen LogP contribution >= 0.6 is 11.8 Å². The number of ether oxygens (including phenoxy) is 1. The van der Waals surface area contributed by atoms with Gasteiger partial charge in [-0.15, -0.1) is 16.8 Å². The molecule has 0 radical (unpaired) electrons. The Hall–Kier alpha value is -2.79. The Morgan fingerprint density at radius 3 is 2.67 bits per heavy atom. The Labute approximate surface area is 182 Å². The zero-order valence-corrected chi connectivity index (χ0v) is 18.8. The van der Waals surface area contributed by atoms with Gasteiger partial charge in [-0.1, -0.05) is 50.7 Å². The lowest BCUT2D eigenvalue weighted by Crippen LogP contribution is -2.49. The minimum atomic E-state index is -0.904. The van der Waals surface area contributed by atoms with Crippen molar-refractivity contribution in [3.05, 3.63) is 48.3 Å². The molecule has 2 rings (SSSR count). The number of carbonyl (C=O) groups excluding carboxylic acids is 1. The van der Waals surface area contributed by atoms with Gasteiger partial charge in [0, 0.05) is 6.54 Å². The summed E-state index contributed by atoms with van der Waals surface area (Å²) in [6, 6.07) is 10.1. The van der Waals surface area contributed by atoms with E-state index in [0.717, 1.165) is 12.2 Å². The first kappa shape index (κ1) is 23.5. The van der Waals surface area contributed by atoms with E-state index in [2.05, 4.69) is 35.1 Å². The van der Waals surface area contributed by atoms with Gasteiger partial charge < -0.3 is 10.1 Å². The summed E-state index contributed by atoms with van der Waals surface area (Å²) in [5.74, 6) is 1.33. The molecule has 2 aromatic rings. The lowest BCUT2D eigenvalue weighted by molar-refractivity contribution is -0.120. The third-order valence-corrected chi connectivity index (χ3v) is 5.89. The molecule has 160 valence electrons. The fraction of sp³-hybridized carbons (Fsp3) is 0.455. The molecule has 30 heavy (non-hydrogen) atoms. The van der Waals surface area contributed by atoms with Crippen molar-refractivity contribution >= 4 is 17.7 Å². The molecule has 0 bridgehead atoms. The fourth-order valence-electron chi connectivity index (χ4n) is 2.57. The Morgan fingerprint density at radius 2 is 2.10 bits per heavy atom. The van der Waals surface area contributed by atoms with Crippen LogP contribution in [-0.4, -0.2) is 32.0 Å². The van der Waals surface area contributed by atoms with Crippen molar-refractivity contribution < 1.29 is 9.53 Å². The number of allylic oxidation sites excluding steroid dienone is 1. The molecule has 1 atom stereocenters. The number of hydrogen-bond acceptors (Lipinski definition) is 6. The maximum absolute atomic E-state index is 12.3. The van der Waals surface area contributed by atoms with Crippen LogP contribution in [0, 0.1) is 17.2 Å². The van der Waals surface area contributed by atoms with E-state index in [4.69, 9.17) is 4.74 Å². The third-order valence-electron chi connectivity index (χ3n) is 4.92. The number of carbonyl (C=O) groups is 1. The lowest BCUT2D eigenvalue weighted by Gasteiger charge is -2.27. The third kappa shape index (κ3) is 6.10. The first-order valence-corrected chi connectivity index (χ1v) is 10.9. The second-order valence-electron chi connectivity index (χ2n) is 7.39. The van der Waals surface area contributed by atoms with Crippen LogP contribution in [0.15, 0.2) is 42.1 Å². The summed E-state index contributed by atoms with van der Waals surface area (Å²) in [7, 11) is 0. The molecule has 0 saturated carbocycles. The van der Waals surface area contributed by atoms with Gasteiger partial charge in [-0.25, -0.2) is 0 Å². The van der Waals surface area contributed by atoms with E-state index in [-0.39, 0.29) is 24.2 Å². The van der Waals surface area contributed by atoms with E-state index in [0.29, 0.717) is 17.5 Å². The first-order valence-electron chi connectivity index (χ1n) is 9.92. The van der Waals surface area contributed by atoms with Gasteiger partial charge in [0.05, 0.1) is 11.8 Å². The van der Waals surface area contributed by atoms with E-state index in [1.807, 2.05) is 42.7 Å². The van der Waals surface area contributed by atoms with Gasteiger partial charge in [0.25, 0.3) is 0 Å². The van der Waals surface area contributed by atoms with Gasteiger partial charge in [-0.05, 0) is 37.0 Å². The van der Waals surface area contributed by atoms with E-state index in [1.54, 1.807) is 13.0 Å². The topological polar surface area (TPSA) is 92.8 Å². The SMILES string of the molecule is C=CCn1c(COc2ccc(CC)cc2)nnc1SCC(=O)N[C@](C)(C#N)C(C)C. The number of nitrogens with zero attached hydrogens (tertiary/aromatic N) is 4.